The lowest BCUT2D eigenvalue weighted by Crippen LogP contribution is -2.56. The number of carbonyl (C=O) groups is 5. The van der Waals surface area contributed by atoms with E-state index >= 15 is 0 Å². The summed E-state index contributed by atoms with van der Waals surface area (Å²) in [5.74, 6) is -3.51. The van der Waals surface area contributed by atoms with Gasteiger partial charge in [0.2, 0.25) is 29.5 Å². The number of amides is 5. The van der Waals surface area contributed by atoms with Gasteiger partial charge in [0.25, 0.3) is 0 Å². The van der Waals surface area contributed by atoms with Gasteiger partial charge >= 0.3 is 0 Å². The maximum Gasteiger partial charge on any atom is 0.243 e. The van der Waals surface area contributed by atoms with Crippen LogP contribution in [0.3, 0.4) is 0 Å². The molecule has 14 heteroatoms. The second-order valence-electron chi connectivity index (χ2n) is 8.10. The van der Waals surface area contributed by atoms with Crippen molar-refractivity contribution in [2.24, 2.45) is 27.9 Å². The van der Waals surface area contributed by atoms with Crippen molar-refractivity contribution >= 4 is 35.5 Å². The number of primary amides is 2. The highest BCUT2D eigenvalue weighted by Gasteiger charge is 2.29. The number of carbonyl (C=O) groups excluding carboxylic acids is 5. The van der Waals surface area contributed by atoms with Gasteiger partial charge < -0.3 is 44.0 Å². The van der Waals surface area contributed by atoms with E-state index in [-0.39, 0.29) is 43.9 Å². The lowest BCUT2D eigenvalue weighted by Gasteiger charge is -2.24. The molecule has 0 saturated heterocycles. The number of hydrogen-bond donors (Lipinski definition) is 8. The molecule has 0 heterocycles. The van der Waals surface area contributed by atoms with Crippen LogP contribution in [0.25, 0.3) is 0 Å². The first-order chi connectivity index (χ1) is 16.9. The molecule has 0 fully saturated rings. The Labute approximate surface area is 208 Å². The Morgan fingerprint density at radius 2 is 1.42 bits per heavy atom. The number of nitrogens with two attached hydrogens (primary N) is 4. The monoisotopic (exact) mass is 506 g/mol. The van der Waals surface area contributed by atoms with Crippen molar-refractivity contribution in [3.8, 4) is 5.75 Å². The van der Waals surface area contributed by atoms with Crippen LogP contribution in [-0.4, -0.2) is 65.3 Å². The number of hydrogen-bond acceptors (Lipinski definition) is 7. The quantitative estimate of drug-likeness (QED) is 0.0698. The van der Waals surface area contributed by atoms with Crippen LogP contribution in [0, 0.1) is 0 Å². The number of rotatable bonds is 15. The fourth-order valence-electron chi connectivity index (χ4n) is 3.21. The molecule has 0 aromatic heterocycles. The minimum Gasteiger partial charge on any atom is -0.508 e. The second kappa shape index (κ2) is 14.8. The predicted molar refractivity (Wildman–Crippen MR) is 131 cm³/mol. The summed E-state index contributed by atoms with van der Waals surface area (Å²) < 4.78 is 0. The Morgan fingerprint density at radius 1 is 0.861 bits per heavy atom. The number of nitrogens with zero attached hydrogens (tertiary/aromatic N) is 1. The lowest BCUT2D eigenvalue weighted by atomic mass is 10.0. The molecular formula is C22H34N8O6. The number of phenols is 1. The number of guanidine groups is 1. The van der Waals surface area contributed by atoms with Crippen molar-refractivity contribution in [1.82, 2.24) is 16.0 Å². The predicted octanol–water partition coefficient (Wildman–Crippen LogP) is -2.79. The molecule has 198 valence electrons. The fourth-order valence-corrected chi connectivity index (χ4v) is 3.21. The zero-order chi connectivity index (χ0) is 27.3. The van der Waals surface area contributed by atoms with Gasteiger partial charge in [-0.2, -0.15) is 0 Å². The summed E-state index contributed by atoms with van der Waals surface area (Å²) in [5, 5.41) is 16.9. The molecule has 1 rings (SSSR count). The summed E-state index contributed by atoms with van der Waals surface area (Å²) in [6.07, 6.45) is 0.177. The minimum atomic E-state index is -1.14. The third kappa shape index (κ3) is 11.7. The lowest BCUT2D eigenvalue weighted by molar-refractivity contribution is -0.133. The van der Waals surface area contributed by atoms with E-state index in [1.807, 2.05) is 0 Å². The van der Waals surface area contributed by atoms with Gasteiger partial charge in [-0.05, 0) is 37.0 Å². The fraction of sp³-hybridized carbons (Fsp3) is 0.455. The highest BCUT2D eigenvalue weighted by Crippen LogP contribution is 2.12. The summed E-state index contributed by atoms with van der Waals surface area (Å²) >= 11 is 0. The summed E-state index contributed by atoms with van der Waals surface area (Å²) in [6, 6.07) is 2.63. The summed E-state index contributed by atoms with van der Waals surface area (Å²) in [4.78, 5) is 64.4. The van der Waals surface area contributed by atoms with Crippen molar-refractivity contribution in [2.75, 3.05) is 6.54 Å². The van der Waals surface area contributed by atoms with Crippen LogP contribution in [0.1, 0.15) is 38.2 Å². The Morgan fingerprint density at radius 3 is 1.92 bits per heavy atom. The Hall–Kier alpha value is -4.36. The average Bonchev–Trinajstić information content (AvgIpc) is 2.78. The van der Waals surface area contributed by atoms with Gasteiger partial charge in [0.05, 0.1) is 0 Å². The van der Waals surface area contributed by atoms with Gasteiger partial charge in [-0.3, -0.25) is 29.0 Å². The first kappa shape index (κ1) is 29.7. The van der Waals surface area contributed by atoms with Gasteiger partial charge in [-0.25, -0.2) is 0 Å². The standard InChI is InChI=1S/C22H34N8O6/c1-12(31)28-16(8-9-18(23)33)21(36)29-15(3-2-10-27-22(25)26)20(35)30-17(19(24)34)11-13-4-6-14(32)7-5-13/h4-7,15-17,32H,2-3,8-11H2,1H3,(H2,23,33)(H2,24,34)(H,28,31)(H,29,36)(H,30,35)(H4,25,26,27)/t15-,16-,17-/m0/s1. The van der Waals surface area contributed by atoms with E-state index in [9.17, 15) is 29.1 Å². The molecule has 0 saturated carbocycles. The first-order valence-electron chi connectivity index (χ1n) is 11.2. The minimum absolute atomic E-state index is 0.0343. The molecule has 0 bridgehead atoms. The van der Waals surface area contributed by atoms with Crippen LogP contribution < -0.4 is 38.9 Å². The maximum atomic E-state index is 13.1. The van der Waals surface area contributed by atoms with E-state index in [1.54, 1.807) is 12.1 Å². The molecular weight excluding hydrogens is 472 g/mol. The average molecular weight is 507 g/mol. The SMILES string of the molecule is CC(=O)N[C@@H](CCC(N)=O)C(=O)N[C@@H](CCCN=C(N)N)C(=O)N[C@@H](Cc1ccc(O)cc1)C(N)=O. The molecule has 0 unspecified atom stereocenters. The molecule has 0 aliphatic heterocycles. The van der Waals surface area contributed by atoms with E-state index in [0.29, 0.717) is 12.0 Å². The number of nitrogens with one attached hydrogen (secondary N) is 3. The normalized spacial score (nSPS) is 12.9. The molecule has 1 aromatic rings. The van der Waals surface area contributed by atoms with Gasteiger partial charge in [0.1, 0.15) is 23.9 Å². The molecule has 3 atom stereocenters. The zero-order valence-corrected chi connectivity index (χ0v) is 20.0. The largest absolute Gasteiger partial charge is 0.508 e. The maximum absolute atomic E-state index is 13.1. The van der Waals surface area contributed by atoms with Gasteiger partial charge in [0.15, 0.2) is 5.96 Å². The zero-order valence-electron chi connectivity index (χ0n) is 20.0. The number of benzene rings is 1. The van der Waals surface area contributed by atoms with Crippen molar-refractivity contribution < 1.29 is 29.1 Å². The van der Waals surface area contributed by atoms with Crippen LogP contribution in [0.5, 0.6) is 5.75 Å². The van der Waals surface area contributed by atoms with Crippen LogP contribution in [0.15, 0.2) is 29.3 Å². The van der Waals surface area contributed by atoms with Crippen LogP contribution >= 0.6 is 0 Å². The smallest absolute Gasteiger partial charge is 0.243 e. The molecule has 14 nitrogen and oxygen atoms in total. The number of aliphatic imine (C=N–C) groups is 1. The van der Waals surface area contributed by atoms with E-state index in [4.69, 9.17) is 22.9 Å². The van der Waals surface area contributed by atoms with Gasteiger partial charge in [-0.1, -0.05) is 12.1 Å². The Balaban J connectivity index is 3.02. The highest BCUT2D eigenvalue weighted by molar-refractivity contribution is 5.94. The van der Waals surface area contributed by atoms with Crippen molar-refractivity contribution in [3.05, 3.63) is 29.8 Å². The topological polar surface area (TPSA) is 258 Å². The van der Waals surface area contributed by atoms with E-state index in [1.165, 1.54) is 19.1 Å². The Kier molecular flexibility index (Phi) is 12.2. The molecule has 1 aromatic carbocycles. The third-order valence-corrected chi connectivity index (χ3v) is 4.99. The molecule has 0 aliphatic carbocycles. The summed E-state index contributed by atoms with van der Waals surface area (Å²) in [5.41, 5.74) is 21.9. The first-order valence-corrected chi connectivity index (χ1v) is 11.2. The van der Waals surface area contributed by atoms with Crippen molar-refractivity contribution in [1.29, 1.82) is 0 Å². The van der Waals surface area contributed by atoms with Gasteiger partial charge in [-0.15, -0.1) is 0 Å². The van der Waals surface area contributed by atoms with Crippen molar-refractivity contribution in [3.63, 3.8) is 0 Å². The third-order valence-electron chi connectivity index (χ3n) is 4.99. The molecule has 12 N–H and O–H groups in total. The molecule has 0 spiro atoms. The summed E-state index contributed by atoms with van der Waals surface area (Å²) in [7, 11) is 0. The molecule has 36 heavy (non-hydrogen) atoms. The van der Waals surface area contributed by atoms with Crippen LogP contribution in [0.2, 0.25) is 0 Å². The van der Waals surface area contributed by atoms with E-state index < -0.39 is 47.7 Å². The van der Waals surface area contributed by atoms with Crippen molar-refractivity contribution in [2.45, 2.75) is 57.2 Å². The van der Waals surface area contributed by atoms with Crippen LogP contribution in [0.4, 0.5) is 0 Å². The Bertz CT molecular complexity index is 962. The highest BCUT2D eigenvalue weighted by atomic mass is 16.3. The molecule has 5 amide bonds. The van der Waals surface area contributed by atoms with E-state index in [0.717, 1.165) is 0 Å². The van der Waals surface area contributed by atoms with Gasteiger partial charge in [0, 0.05) is 26.3 Å². The number of phenolic OH excluding ortho intramolecular Hbond substituents is 1. The molecule has 0 radical (unpaired) electrons. The summed E-state index contributed by atoms with van der Waals surface area (Å²) in [6.45, 7) is 1.37. The second-order valence-corrected chi connectivity index (χ2v) is 8.10. The van der Waals surface area contributed by atoms with Crippen LogP contribution in [-0.2, 0) is 30.4 Å². The molecule has 0 aliphatic rings. The number of aromatic hydroxyl groups is 1. The van der Waals surface area contributed by atoms with E-state index in [2.05, 4.69) is 20.9 Å².